The first-order chi connectivity index (χ1) is 12.9. The van der Waals surface area contributed by atoms with Gasteiger partial charge in [-0.2, -0.15) is 0 Å². The number of benzene rings is 2. The van der Waals surface area contributed by atoms with Crippen molar-refractivity contribution in [2.45, 2.75) is 43.8 Å². The van der Waals surface area contributed by atoms with Crippen molar-refractivity contribution in [2.75, 3.05) is 11.8 Å². The van der Waals surface area contributed by atoms with Crippen LogP contribution in [-0.2, 0) is 19.3 Å². The molecular weight excluding hydrogens is 384 g/mol. The van der Waals surface area contributed by atoms with Crippen LogP contribution in [0, 0.1) is 5.82 Å². The lowest BCUT2D eigenvalue weighted by Gasteiger charge is -2.32. The van der Waals surface area contributed by atoms with Crippen molar-refractivity contribution in [3.63, 3.8) is 0 Å². The number of sulfonamides is 1. The second kappa shape index (κ2) is 7.06. The molecule has 6 nitrogen and oxygen atoms in total. The van der Waals surface area contributed by atoms with E-state index in [9.17, 15) is 12.8 Å². The van der Waals surface area contributed by atoms with Crippen LogP contribution in [0.5, 0.6) is 5.75 Å². The van der Waals surface area contributed by atoms with Crippen molar-refractivity contribution in [1.29, 1.82) is 0 Å². The molecule has 0 unspecified atom stereocenters. The topological polar surface area (TPSA) is 73.9 Å². The second-order valence-electron chi connectivity index (χ2n) is 7.61. The van der Waals surface area contributed by atoms with Crippen LogP contribution in [0.3, 0.4) is 0 Å². The Kier molecular flexibility index (Phi) is 5.20. The fraction of sp³-hybridized carbons (Fsp3) is 0.368. The summed E-state index contributed by atoms with van der Waals surface area (Å²) in [6.45, 7) is 7.61. The van der Waals surface area contributed by atoms with Crippen molar-refractivity contribution < 1.29 is 26.9 Å². The highest BCUT2D eigenvalue weighted by Gasteiger charge is 2.51. The van der Waals surface area contributed by atoms with Gasteiger partial charge in [-0.1, -0.05) is 12.1 Å². The number of hydrogen-bond acceptors (Lipinski definition) is 5. The van der Waals surface area contributed by atoms with Crippen LogP contribution < -0.4 is 14.9 Å². The molecule has 1 fully saturated rings. The molecule has 1 saturated heterocycles. The third-order valence-corrected chi connectivity index (χ3v) is 6.48. The molecule has 1 heterocycles. The number of nitrogens with one attached hydrogen (secondary N) is 1. The van der Waals surface area contributed by atoms with Crippen LogP contribution in [0.2, 0.25) is 0 Å². The minimum atomic E-state index is -3.97. The molecule has 9 heteroatoms. The molecular formula is C19H23BFNO5S. The van der Waals surface area contributed by atoms with E-state index in [4.69, 9.17) is 14.0 Å². The maximum Gasteiger partial charge on any atom is 0.494 e. The summed E-state index contributed by atoms with van der Waals surface area (Å²) in [6, 6.07) is 10.1. The monoisotopic (exact) mass is 407 g/mol. The Morgan fingerprint density at radius 2 is 1.68 bits per heavy atom. The average molecular weight is 407 g/mol. The number of ether oxygens (including phenoxy) is 1. The van der Waals surface area contributed by atoms with E-state index in [0.717, 1.165) is 0 Å². The largest absolute Gasteiger partial charge is 0.497 e. The normalized spacial score (nSPS) is 18.1. The SMILES string of the molecule is COc1cccc(S(=O)(=O)Nc2ccc(B3OC(C)(C)C(C)(C)O3)cc2F)c1. The molecule has 1 aliphatic rings. The zero-order chi connectivity index (χ0) is 20.7. The highest BCUT2D eigenvalue weighted by atomic mass is 32.2. The molecule has 0 amide bonds. The van der Waals surface area contributed by atoms with Gasteiger partial charge in [-0.3, -0.25) is 4.72 Å². The highest BCUT2D eigenvalue weighted by molar-refractivity contribution is 7.92. The Morgan fingerprint density at radius 3 is 2.25 bits per heavy atom. The molecule has 150 valence electrons. The van der Waals surface area contributed by atoms with E-state index in [1.807, 2.05) is 27.7 Å². The van der Waals surface area contributed by atoms with Crippen LogP contribution in [0.15, 0.2) is 47.4 Å². The van der Waals surface area contributed by atoms with Gasteiger partial charge in [0.2, 0.25) is 0 Å². The van der Waals surface area contributed by atoms with Crippen LogP contribution in [0.1, 0.15) is 27.7 Å². The predicted molar refractivity (Wildman–Crippen MR) is 106 cm³/mol. The van der Waals surface area contributed by atoms with Crippen molar-refractivity contribution in [1.82, 2.24) is 0 Å². The minimum Gasteiger partial charge on any atom is -0.497 e. The Balaban J connectivity index is 1.83. The van der Waals surface area contributed by atoms with E-state index >= 15 is 0 Å². The first-order valence-electron chi connectivity index (χ1n) is 8.77. The fourth-order valence-electron chi connectivity index (χ4n) is 2.71. The van der Waals surface area contributed by atoms with Crippen LogP contribution >= 0.6 is 0 Å². The first-order valence-corrected chi connectivity index (χ1v) is 10.3. The van der Waals surface area contributed by atoms with Gasteiger partial charge >= 0.3 is 7.12 Å². The van der Waals surface area contributed by atoms with Gasteiger partial charge in [0, 0.05) is 6.07 Å². The third kappa shape index (κ3) is 3.87. The summed E-state index contributed by atoms with van der Waals surface area (Å²) in [7, 11) is -3.27. The highest BCUT2D eigenvalue weighted by Crippen LogP contribution is 2.36. The van der Waals surface area contributed by atoms with Crippen LogP contribution in [0.25, 0.3) is 0 Å². The summed E-state index contributed by atoms with van der Waals surface area (Å²) in [4.78, 5) is -0.0266. The van der Waals surface area contributed by atoms with E-state index in [0.29, 0.717) is 11.2 Å². The maximum atomic E-state index is 14.6. The molecule has 0 radical (unpaired) electrons. The number of halogens is 1. The van der Waals surface area contributed by atoms with Crippen LogP contribution in [-0.4, -0.2) is 33.8 Å². The molecule has 2 aromatic carbocycles. The Hall–Kier alpha value is -2.10. The van der Waals surface area contributed by atoms with E-state index < -0.39 is 34.2 Å². The molecule has 0 saturated carbocycles. The molecule has 28 heavy (non-hydrogen) atoms. The van der Waals surface area contributed by atoms with Gasteiger partial charge in [0.05, 0.1) is 28.9 Å². The Bertz CT molecular complexity index is 978. The van der Waals surface area contributed by atoms with E-state index in [1.165, 1.54) is 31.4 Å². The second-order valence-corrected chi connectivity index (χ2v) is 9.29. The van der Waals surface area contributed by atoms with Crippen molar-refractivity contribution >= 4 is 28.3 Å². The summed E-state index contributed by atoms with van der Waals surface area (Å²) in [6.07, 6.45) is 0. The smallest absolute Gasteiger partial charge is 0.494 e. The molecule has 2 aromatic rings. The van der Waals surface area contributed by atoms with E-state index in [2.05, 4.69) is 4.72 Å². The van der Waals surface area contributed by atoms with Crippen LogP contribution in [0.4, 0.5) is 10.1 Å². The zero-order valence-corrected chi connectivity index (χ0v) is 17.3. The molecule has 0 atom stereocenters. The van der Waals surface area contributed by atoms with Gasteiger partial charge in [-0.05, 0) is 57.4 Å². The lowest BCUT2D eigenvalue weighted by Crippen LogP contribution is -2.41. The summed E-state index contributed by atoms with van der Waals surface area (Å²) in [5.74, 6) is -0.335. The van der Waals surface area contributed by atoms with Crippen molar-refractivity contribution in [3.8, 4) is 5.75 Å². The Labute approximate surface area is 165 Å². The van der Waals surface area contributed by atoms with E-state index in [1.54, 1.807) is 18.2 Å². The number of methoxy groups -OCH3 is 1. The first kappa shape index (κ1) is 20.6. The number of rotatable bonds is 5. The van der Waals surface area contributed by atoms with Gasteiger partial charge in [0.15, 0.2) is 0 Å². The molecule has 0 aliphatic carbocycles. The maximum absolute atomic E-state index is 14.6. The standard InChI is InChI=1S/C19H23BFNO5S/c1-18(2)19(3,4)27-20(26-18)13-9-10-17(16(21)11-13)22-28(23,24)15-8-6-7-14(12-15)25-5/h6-12,22H,1-5H3. The number of anilines is 1. The summed E-state index contributed by atoms with van der Waals surface area (Å²) < 4.78 is 58.8. The Morgan fingerprint density at radius 1 is 1.04 bits per heavy atom. The van der Waals surface area contributed by atoms with Gasteiger partial charge in [-0.15, -0.1) is 0 Å². The van der Waals surface area contributed by atoms with Crippen molar-refractivity contribution in [3.05, 3.63) is 48.3 Å². The summed E-state index contributed by atoms with van der Waals surface area (Å²) in [5, 5.41) is 0. The van der Waals surface area contributed by atoms with Crippen molar-refractivity contribution in [2.24, 2.45) is 0 Å². The van der Waals surface area contributed by atoms with E-state index in [-0.39, 0.29) is 10.6 Å². The lowest BCUT2D eigenvalue weighted by atomic mass is 9.79. The average Bonchev–Trinajstić information content (AvgIpc) is 2.84. The quantitative estimate of drug-likeness (QED) is 0.772. The molecule has 0 aromatic heterocycles. The summed E-state index contributed by atoms with van der Waals surface area (Å²) >= 11 is 0. The van der Waals surface area contributed by atoms with Gasteiger partial charge in [0.1, 0.15) is 11.6 Å². The van der Waals surface area contributed by atoms with Gasteiger partial charge < -0.3 is 14.0 Å². The molecule has 3 rings (SSSR count). The predicted octanol–water partition coefficient (Wildman–Crippen LogP) is 2.93. The number of hydrogen-bond donors (Lipinski definition) is 1. The van der Waals surface area contributed by atoms with Gasteiger partial charge in [-0.25, -0.2) is 12.8 Å². The molecule has 0 bridgehead atoms. The molecule has 0 spiro atoms. The third-order valence-electron chi connectivity index (χ3n) is 5.11. The van der Waals surface area contributed by atoms with Gasteiger partial charge in [0.25, 0.3) is 10.0 Å². The summed E-state index contributed by atoms with van der Waals surface area (Å²) in [5.41, 5.74) is -0.801. The molecule has 1 aliphatic heterocycles. The molecule has 1 N–H and O–H groups in total. The zero-order valence-electron chi connectivity index (χ0n) is 16.4. The lowest BCUT2D eigenvalue weighted by molar-refractivity contribution is 0.00578. The fourth-order valence-corrected chi connectivity index (χ4v) is 3.81. The minimum absolute atomic E-state index is 0.0266.